The van der Waals surface area contributed by atoms with Gasteiger partial charge >= 0.3 is 5.97 Å². The van der Waals surface area contributed by atoms with E-state index in [0.29, 0.717) is 18.9 Å². The Balaban J connectivity index is 2.28. The molecule has 3 N–H and O–H groups in total. The first-order valence-electron chi connectivity index (χ1n) is 6.63. The lowest BCUT2D eigenvalue weighted by atomic mass is 9.91. The summed E-state index contributed by atoms with van der Waals surface area (Å²) >= 11 is 0. The van der Waals surface area contributed by atoms with Crippen LogP contribution in [-0.4, -0.2) is 41.1 Å². The second kappa shape index (κ2) is 5.83. The second-order valence-electron chi connectivity index (χ2n) is 5.48. The Kier molecular flexibility index (Phi) is 4.95. The highest BCUT2D eigenvalue weighted by Gasteiger charge is 2.33. The Bertz CT molecular complexity index is 266. The van der Waals surface area contributed by atoms with Crippen molar-refractivity contribution in [3.05, 3.63) is 0 Å². The number of carboxylic acid groups (broad SMARTS) is 1. The normalized spacial score (nSPS) is 21.2. The first-order valence-corrected chi connectivity index (χ1v) is 6.63. The molecule has 0 aromatic carbocycles. The first-order chi connectivity index (χ1) is 7.90. The lowest BCUT2D eigenvalue weighted by Crippen LogP contribution is -2.47. The van der Waals surface area contributed by atoms with Gasteiger partial charge in [-0.1, -0.05) is 6.92 Å². The smallest absolute Gasteiger partial charge is 0.323 e. The molecule has 1 aliphatic rings. The van der Waals surface area contributed by atoms with Gasteiger partial charge in [0.15, 0.2) is 0 Å². The van der Waals surface area contributed by atoms with Gasteiger partial charge in [0.05, 0.1) is 0 Å². The summed E-state index contributed by atoms with van der Waals surface area (Å²) in [5, 5.41) is 9.07. The minimum Gasteiger partial charge on any atom is -0.480 e. The fourth-order valence-corrected chi connectivity index (χ4v) is 2.22. The molecular weight excluding hydrogens is 216 g/mol. The van der Waals surface area contributed by atoms with Gasteiger partial charge in [0.1, 0.15) is 5.54 Å². The maximum atomic E-state index is 11.0. The van der Waals surface area contributed by atoms with E-state index in [1.807, 2.05) is 6.92 Å². The van der Waals surface area contributed by atoms with Crippen LogP contribution in [0.2, 0.25) is 0 Å². The molecule has 2 atom stereocenters. The van der Waals surface area contributed by atoms with Crippen LogP contribution >= 0.6 is 0 Å². The SMILES string of the molecule is CCC(N)(CCCN(C)C(C)C1CC1)C(=O)O. The van der Waals surface area contributed by atoms with E-state index in [0.717, 1.165) is 18.9 Å². The summed E-state index contributed by atoms with van der Waals surface area (Å²) in [4.78, 5) is 13.4. The fourth-order valence-electron chi connectivity index (χ4n) is 2.22. The molecule has 1 aliphatic carbocycles. The lowest BCUT2D eigenvalue weighted by molar-refractivity contribution is -0.143. The molecule has 0 saturated heterocycles. The monoisotopic (exact) mass is 242 g/mol. The number of rotatable bonds is 8. The molecule has 0 aliphatic heterocycles. The van der Waals surface area contributed by atoms with Crippen LogP contribution in [0.5, 0.6) is 0 Å². The molecule has 0 bridgehead atoms. The number of hydrogen-bond acceptors (Lipinski definition) is 3. The first kappa shape index (κ1) is 14.5. The number of hydrogen-bond donors (Lipinski definition) is 2. The van der Waals surface area contributed by atoms with E-state index in [1.165, 1.54) is 12.8 Å². The topological polar surface area (TPSA) is 66.6 Å². The van der Waals surface area contributed by atoms with Gasteiger partial charge in [-0.25, -0.2) is 0 Å². The number of aliphatic carboxylic acids is 1. The highest BCUT2D eigenvalue weighted by atomic mass is 16.4. The molecule has 17 heavy (non-hydrogen) atoms. The predicted octanol–water partition coefficient (Wildman–Crippen LogP) is 1.69. The van der Waals surface area contributed by atoms with Crippen molar-refractivity contribution < 1.29 is 9.90 Å². The van der Waals surface area contributed by atoms with Crippen molar-refractivity contribution in [2.75, 3.05) is 13.6 Å². The van der Waals surface area contributed by atoms with Crippen molar-refractivity contribution >= 4 is 5.97 Å². The third-order valence-electron chi connectivity index (χ3n) is 4.19. The summed E-state index contributed by atoms with van der Waals surface area (Å²) in [6.45, 7) is 5.03. The largest absolute Gasteiger partial charge is 0.480 e. The van der Waals surface area contributed by atoms with Crippen LogP contribution < -0.4 is 5.73 Å². The van der Waals surface area contributed by atoms with Crippen LogP contribution in [0.25, 0.3) is 0 Å². The van der Waals surface area contributed by atoms with Crippen molar-refractivity contribution in [3.8, 4) is 0 Å². The van der Waals surface area contributed by atoms with E-state index in [2.05, 4.69) is 18.9 Å². The average Bonchev–Trinajstić information content (AvgIpc) is 3.11. The van der Waals surface area contributed by atoms with Crippen LogP contribution in [0.3, 0.4) is 0 Å². The minimum absolute atomic E-state index is 0.490. The summed E-state index contributed by atoms with van der Waals surface area (Å²) in [5.41, 5.74) is 4.82. The van der Waals surface area contributed by atoms with Gasteiger partial charge in [-0.05, 0) is 58.5 Å². The van der Waals surface area contributed by atoms with E-state index < -0.39 is 11.5 Å². The highest BCUT2D eigenvalue weighted by molar-refractivity contribution is 5.78. The average molecular weight is 242 g/mol. The molecule has 0 heterocycles. The molecule has 0 spiro atoms. The van der Waals surface area contributed by atoms with Crippen LogP contribution in [0.4, 0.5) is 0 Å². The zero-order valence-corrected chi connectivity index (χ0v) is 11.3. The van der Waals surface area contributed by atoms with Crippen molar-refractivity contribution in [2.24, 2.45) is 11.7 Å². The van der Waals surface area contributed by atoms with E-state index in [1.54, 1.807) is 0 Å². The summed E-state index contributed by atoms with van der Waals surface area (Å²) in [6.07, 6.45) is 4.59. The number of nitrogens with two attached hydrogens (primary N) is 1. The zero-order valence-electron chi connectivity index (χ0n) is 11.3. The van der Waals surface area contributed by atoms with Crippen LogP contribution in [0, 0.1) is 5.92 Å². The van der Waals surface area contributed by atoms with Gasteiger partial charge in [0.2, 0.25) is 0 Å². The Hall–Kier alpha value is -0.610. The van der Waals surface area contributed by atoms with Crippen LogP contribution in [-0.2, 0) is 4.79 Å². The molecule has 1 fully saturated rings. The summed E-state index contributed by atoms with van der Waals surface area (Å²) in [7, 11) is 2.12. The van der Waals surface area contributed by atoms with E-state index >= 15 is 0 Å². The Morgan fingerprint density at radius 1 is 1.59 bits per heavy atom. The maximum Gasteiger partial charge on any atom is 0.323 e. The predicted molar refractivity (Wildman–Crippen MR) is 68.9 cm³/mol. The van der Waals surface area contributed by atoms with E-state index in [4.69, 9.17) is 10.8 Å². The standard InChI is InChI=1S/C13H26N2O2/c1-4-13(14,12(16)17)8-5-9-15(3)10(2)11-6-7-11/h10-11H,4-9,14H2,1-3H3,(H,16,17). The van der Waals surface area contributed by atoms with Crippen molar-refractivity contribution in [3.63, 3.8) is 0 Å². The second-order valence-corrected chi connectivity index (χ2v) is 5.48. The molecule has 0 aromatic heterocycles. The van der Waals surface area contributed by atoms with Gasteiger partial charge in [-0.2, -0.15) is 0 Å². The fraction of sp³-hybridized carbons (Fsp3) is 0.923. The minimum atomic E-state index is -1.04. The zero-order chi connectivity index (χ0) is 13.1. The van der Waals surface area contributed by atoms with Crippen molar-refractivity contribution in [2.45, 2.75) is 57.5 Å². The lowest BCUT2D eigenvalue weighted by Gasteiger charge is -2.27. The molecule has 4 heteroatoms. The molecule has 2 unspecified atom stereocenters. The third kappa shape index (κ3) is 3.96. The molecule has 1 saturated carbocycles. The highest BCUT2D eigenvalue weighted by Crippen LogP contribution is 2.34. The molecular formula is C13H26N2O2. The molecule has 0 aromatic rings. The maximum absolute atomic E-state index is 11.0. The molecule has 100 valence electrons. The Labute approximate surface area is 104 Å². The van der Waals surface area contributed by atoms with Gasteiger partial charge < -0.3 is 15.7 Å². The van der Waals surface area contributed by atoms with Gasteiger partial charge in [0, 0.05) is 6.04 Å². The van der Waals surface area contributed by atoms with Crippen LogP contribution in [0.1, 0.15) is 46.0 Å². The summed E-state index contributed by atoms with van der Waals surface area (Å²) in [5.74, 6) is -0.0221. The van der Waals surface area contributed by atoms with Crippen molar-refractivity contribution in [1.29, 1.82) is 0 Å². The molecule has 1 rings (SSSR count). The molecule has 4 nitrogen and oxygen atoms in total. The Morgan fingerprint density at radius 2 is 2.18 bits per heavy atom. The number of nitrogens with zero attached hydrogens (tertiary/aromatic N) is 1. The molecule has 0 radical (unpaired) electrons. The third-order valence-corrected chi connectivity index (χ3v) is 4.19. The number of carbonyl (C=O) groups is 1. The van der Waals surface area contributed by atoms with E-state index in [-0.39, 0.29) is 0 Å². The van der Waals surface area contributed by atoms with Gasteiger partial charge in [0.25, 0.3) is 0 Å². The molecule has 0 amide bonds. The van der Waals surface area contributed by atoms with Crippen LogP contribution in [0.15, 0.2) is 0 Å². The van der Waals surface area contributed by atoms with Gasteiger partial charge in [-0.3, -0.25) is 4.79 Å². The van der Waals surface area contributed by atoms with Gasteiger partial charge in [-0.15, -0.1) is 0 Å². The Morgan fingerprint density at radius 3 is 2.59 bits per heavy atom. The van der Waals surface area contributed by atoms with Crippen molar-refractivity contribution in [1.82, 2.24) is 4.90 Å². The summed E-state index contributed by atoms with van der Waals surface area (Å²) < 4.78 is 0. The number of carboxylic acids is 1. The van der Waals surface area contributed by atoms with E-state index in [9.17, 15) is 4.79 Å². The summed E-state index contributed by atoms with van der Waals surface area (Å²) in [6, 6.07) is 0.619. The quantitative estimate of drug-likeness (QED) is 0.679.